The Balaban J connectivity index is 1.79. The Morgan fingerprint density at radius 3 is 2.66 bits per heavy atom. The Morgan fingerprint density at radius 2 is 1.97 bits per heavy atom. The molecule has 0 aliphatic carbocycles. The van der Waals surface area contributed by atoms with Crippen LogP contribution in [0.15, 0.2) is 58.8 Å². The van der Waals surface area contributed by atoms with Crippen LogP contribution in [0.4, 0.5) is 9.18 Å². The van der Waals surface area contributed by atoms with Crippen LogP contribution in [0.1, 0.15) is 44.7 Å². The van der Waals surface area contributed by atoms with Crippen LogP contribution in [-0.4, -0.2) is 27.6 Å². The Kier molecular flexibility index (Phi) is 6.28. The summed E-state index contributed by atoms with van der Waals surface area (Å²) in [5.74, 6) is 0.775. The van der Waals surface area contributed by atoms with Crippen molar-refractivity contribution >= 4 is 23.2 Å². The van der Waals surface area contributed by atoms with E-state index in [-0.39, 0.29) is 11.8 Å². The van der Waals surface area contributed by atoms with Gasteiger partial charge in [0.1, 0.15) is 5.82 Å². The van der Waals surface area contributed by atoms with Gasteiger partial charge in [-0.2, -0.15) is 4.98 Å². The Morgan fingerprint density at radius 1 is 1.22 bits per heavy atom. The fourth-order valence-corrected chi connectivity index (χ4v) is 3.89. The molecule has 4 rings (SSSR count). The molecule has 2 heterocycles. The zero-order chi connectivity index (χ0) is 22.8. The Bertz CT molecular complexity index is 1160. The lowest BCUT2D eigenvalue weighted by Crippen LogP contribution is -2.46. The first-order valence-corrected chi connectivity index (χ1v) is 10.9. The number of aromatic nitrogens is 2. The summed E-state index contributed by atoms with van der Waals surface area (Å²) < 4.78 is 19.2. The molecule has 0 fully saturated rings. The molecule has 2 aromatic carbocycles. The lowest BCUT2D eigenvalue weighted by atomic mass is 9.94. The van der Waals surface area contributed by atoms with Gasteiger partial charge in [0.15, 0.2) is 0 Å². The van der Waals surface area contributed by atoms with Crippen LogP contribution in [0.25, 0.3) is 17.0 Å². The van der Waals surface area contributed by atoms with Crippen LogP contribution in [0, 0.1) is 11.7 Å². The zero-order valence-electron chi connectivity index (χ0n) is 18.1. The number of carbonyl (C=O) groups is 1. The normalized spacial score (nSPS) is 16.6. The summed E-state index contributed by atoms with van der Waals surface area (Å²) in [7, 11) is 0. The molecule has 8 heteroatoms. The standard InChI is InChI=1S/C24H24ClFN4O2/c1-14(2)11-12-30-15(3)20(21(27-24(30)31)16-7-9-19(26)10-8-16)23-28-22(29-32-23)17-5-4-6-18(25)13-17/h4-10,13-14,21H,11-12H2,1-3H3,(H,27,31). The highest BCUT2D eigenvalue weighted by molar-refractivity contribution is 6.30. The van der Waals surface area contributed by atoms with E-state index in [1.807, 2.05) is 19.1 Å². The van der Waals surface area contributed by atoms with Crippen molar-refractivity contribution < 1.29 is 13.7 Å². The van der Waals surface area contributed by atoms with E-state index < -0.39 is 6.04 Å². The number of hydrogen-bond donors (Lipinski definition) is 1. The number of nitrogens with zero attached hydrogens (tertiary/aromatic N) is 3. The van der Waals surface area contributed by atoms with Crippen LogP contribution in [0.5, 0.6) is 0 Å². The number of hydrogen-bond acceptors (Lipinski definition) is 4. The van der Waals surface area contributed by atoms with Gasteiger partial charge < -0.3 is 9.84 Å². The summed E-state index contributed by atoms with van der Waals surface area (Å²) in [6.07, 6.45) is 0.844. The number of amides is 2. The summed E-state index contributed by atoms with van der Waals surface area (Å²) in [4.78, 5) is 19.2. The van der Waals surface area contributed by atoms with Gasteiger partial charge in [0.2, 0.25) is 5.82 Å². The van der Waals surface area contributed by atoms with E-state index in [2.05, 4.69) is 29.3 Å². The number of rotatable bonds is 6. The summed E-state index contributed by atoms with van der Waals surface area (Å²) in [5, 5.41) is 7.72. The number of allylic oxidation sites excluding steroid dienone is 1. The second-order valence-corrected chi connectivity index (χ2v) is 8.64. The van der Waals surface area contributed by atoms with Crippen molar-refractivity contribution in [3.05, 3.63) is 76.5 Å². The maximum Gasteiger partial charge on any atom is 0.322 e. The molecule has 1 N–H and O–H groups in total. The van der Waals surface area contributed by atoms with Gasteiger partial charge in [-0.25, -0.2) is 9.18 Å². The largest absolute Gasteiger partial charge is 0.334 e. The van der Waals surface area contributed by atoms with Crippen molar-refractivity contribution in [2.24, 2.45) is 5.92 Å². The summed E-state index contributed by atoms with van der Waals surface area (Å²) in [5.41, 5.74) is 2.85. The number of nitrogens with one attached hydrogen (secondary N) is 1. The van der Waals surface area contributed by atoms with Crippen molar-refractivity contribution in [1.29, 1.82) is 0 Å². The Labute approximate surface area is 191 Å². The SMILES string of the molecule is CC1=C(c2nc(-c3cccc(Cl)c3)no2)C(c2ccc(F)cc2)NC(=O)N1CCC(C)C. The third kappa shape index (κ3) is 4.53. The van der Waals surface area contributed by atoms with Gasteiger partial charge in [-0.15, -0.1) is 0 Å². The first kappa shape index (κ1) is 22.0. The van der Waals surface area contributed by atoms with Crippen LogP contribution < -0.4 is 5.32 Å². The van der Waals surface area contributed by atoms with Gasteiger partial charge in [-0.3, -0.25) is 4.90 Å². The van der Waals surface area contributed by atoms with Gasteiger partial charge in [0, 0.05) is 22.8 Å². The van der Waals surface area contributed by atoms with Crippen molar-refractivity contribution in [2.45, 2.75) is 33.2 Å². The van der Waals surface area contributed by atoms with E-state index >= 15 is 0 Å². The molecule has 166 valence electrons. The first-order valence-electron chi connectivity index (χ1n) is 10.5. The minimum absolute atomic E-state index is 0.212. The fourth-order valence-electron chi connectivity index (χ4n) is 3.70. The van der Waals surface area contributed by atoms with Crippen molar-refractivity contribution in [2.75, 3.05) is 6.54 Å². The van der Waals surface area contributed by atoms with Gasteiger partial charge in [0.05, 0.1) is 11.6 Å². The zero-order valence-corrected chi connectivity index (χ0v) is 18.9. The summed E-state index contributed by atoms with van der Waals surface area (Å²) >= 11 is 6.10. The van der Waals surface area contributed by atoms with Gasteiger partial charge in [-0.05, 0) is 49.1 Å². The summed E-state index contributed by atoms with van der Waals surface area (Å²) in [6, 6.07) is 12.4. The second kappa shape index (κ2) is 9.12. The van der Waals surface area contributed by atoms with E-state index in [0.717, 1.165) is 23.2 Å². The molecule has 6 nitrogen and oxygen atoms in total. The predicted molar refractivity (Wildman–Crippen MR) is 121 cm³/mol. The minimum Gasteiger partial charge on any atom is -0.334 e. The van der Waals surface area contributed by atoms with E-state index in [1.165, 1.54) is 12.1 Å². The van der Waals surface area contributed by atoms with E-state index in [0.29, 0.717) is 34.8 Å². The lowest BCUT2D eigenvalue weighted by Gasteiger charge is -2.35. The third-order valence-electron chi connectivity index (χ3n) is 5.47. The van der Waals surface area contributed by atoms with Gasteiger partial charge in [0.25, 0.3) is 5.89 Å². The molecule has 0 bridgehead atoms. The topological polar surface area (TPSA) is 71.3 Å². The smallest absolute Gasteiger partial charge is 0.322 e. The molecule has 0 saturated carbocycles. The molecule has 1 unspecified atom stereocenters. The molecular formula is C24H24ClFN4O2. The number of halogens is 2. The molecule has 3 aromatic rings. The lowest BCUT2D eigenvalue weighted by molar-refractivity contribution is 0.202. The molecule has 32 heavy (non-hydrogen) atoms. The maximum atomic E-state index is 13.5. The van der Waals surface area contributed by atoms with E-state index in [1.54, 1.807) is 29.2 Å². The second-order valence-electron chi connectivity index (χ2n) is 8.20. The monoisotopic (exact) mass is 454 g/mol. The highest BCUT2D eigenvalue weighted by atomic mass is 35.5. The molecule has 1 aromatic heterocycles. The number of benzene rings is 2. The molecular weight excluding hydrogens is 431 g/mol. The maximum absolute atomic E-state index is 13.5. The predicted octanol–water partition coefficient (Wildman–Crippen LogP) is 6.07. The van der Waals surface area contributed by atoms with Crippen LogP contribution in [-0.2, 0) is 0 Å². The van der Waals surface area contributed by atoms with Gasteiger partial charge in [-0.1, -0.05) is 54.9 Å². The average molecular weight is 455 g/mol. The summed E-state index contributed by atoms with van der Waals surface area (Å²) in [6.45, 7) is 6.65. The third-order valence-corrected chi connectivity index (χ3v) is 5.70. The van der Waals surface area contributed by atoms with Crippen molar-refractivity contribution in [3.8, 4) is 11.4 Å². The molecule has 0 saturated heterocycles. The first-order chi connectivity index (χ1) is 15.3. The molecule has 0 spiro atoms. The molecule has 2 amide bonds. The average Bonchev–Trinajstić information content (AvgIpc) is 3.23. The minimum atomic E-state index is -0.550. The molecule has 1 aliphatic heterocycles. The molecule has 1 atom stereocenters. The van der Waals surface area contributed by atoms with Crippen molar-refractivity contribution in [3.63, 3.8) is 0 Å². The van der Waals surface area contributed by atoms with Crippen LogP contribution in [0.2, 0.25) is 5.02 Å². The van der Waals surface area contributed by atoms with Crippen LogP contribution >= 0.6 is 11.6 Å². The fraction of sp³-hybridized carbons (Fsp3) is 0.292. The quantitative estimate of drug-likeness (QED) is 0.490. The highest BCUT2D eigenvalue weighted by Crippen LogP contribution is 2.37. The number of urea groups is 1. The Hall–Kier alpha value is -3.19. The number of carbonyl (C=O) groups excluding carboxylic acids is 1. The molecule has 1 aliphatic rings. The van der Waals surface area contributed by atoms with Crippen molar-refractivity contribution in [1.82, 2.24) is 20.4 Å². The van der Waals surface area contributed by atoms with Crippen LogP contribution in [0.3, 0.4) is 0 Å². The molecule has 0 radical (unpaired) electrons. The van der Waals surface area contributed by atoms with E-state index in [9.17, 15) is 9.18 Å². The van der Waals surface area contributed by atoms with E-state index in [4.69, 9.17) is 16.1 Å². The van der Waals surface area contributed by atoms with Gasteiger partial charge >= 0.3 is 6.03 Å². The highest BCUT2D eigenvalue weighted by Gasteiger charge is 2.35.